The van der Waals surface area contributed by atoms with Gasteiger partial charge in [-0.3, -0.25) is 19.7 Å². The topological polar surface area (TPSA) is 102 Å². The van der Waals surface area contributed by atoms with E-state index in [2.05, 4.69) is 5.32 Å². The Morgan fingerprint density at radius 2 is 1.64 bits per heavy atom. The Kier molecular flexibility index (Phi) is 5.85. The number of nitro benzene ring substituents is 1. The molecule has 0 unspecified atom stereocenters. The molecule has 166 valence electrons. The number of anilines is 2. The number of nitrogens with one attached hydrogen (secondary N) is 1. The highest BCUT2D eigenvalue weighted by atomic mass is 35.5. The van der Waals surface area contributed by atoms with Gasteiger partial charge in [-0.25, -0.2) is 4.90 Å². The van der Waals surface area contributed by atoms with Gasteiger partial charge in [0.25, 0.3) is 17.5 Å². The normalized spacial score (nSPS) is 13.5. The smallest absolute Gasteiger partial charge is 0.282 e. The van der Waals surface area contributed by atoms with Crippen LogP contribution in [-0.2, 0) is 9.59 Å². The van der Waals surface area contributed by atoms with E-state index in [0.717, 1.165) is 10.5 Å². The van der Waals surface area contributed by atoms with Gasteiger partial charge in [-0.1, -0.05) is 11.6 Å². The standard InChI is InChI=1S/C24H18ClN3O5/c1-14-13-16(25)5-12-20(14)26-22-21(15-3-6-18(7-4-15)28(31)32)23(29)27(24(22)30)17-8-10-19(33-2)11-9-17/h3-13,26H,1-2H3. The quantitative estimate of drug-likeness (QED) is 0.315. The third-order valence-corrected chi connectivity index (χ3v) is 5.46. The van der Waals surface area contributed by atoms with Crippen LogP contribution in [0.1, 0.15) is 11.1 Å². The Morgan fingerprint density at radius 3 is 2.21 bits per heavy atom. The molecule has 8 nitrogen and oxygen atoms in total. The van der Waals surface area contributed by atoms with Crippen molar-refractivity contribution >= 4 is 46.1 Å². The van der Waals surface area contributed by atoms with Crippen LogP contribution in [0, 0.1) is 17.0 Å². The van der Waals surface area contributed by atoms with E-state index in [0.29, 0.717) is 27.7 Å². The molecule has 0 bridgehead atoms. The van der Waals surface area contributed by atoms with Crippen LogP contribution in [0.3, 0.4) is 0 Å². The molecule has 0 saturated carbocycles. The fraction of sp³-hybridized carbons (Fsp3) is 0.0833. The number of hydrogen-bond acceptors (Lipinski definition) is 6. The van der Waals surface area contributed by atoms with Crippen molar-refractivity contribution in [1.82, 2.24) is 0 Å². The van der Waals surface area contributed by atoms with E-state index >= 15 is 0 Å². The Morgan fingerprint density at radius 1 is 0.970 bits per heavy atom. The minimum absolute atomic E-state index is 0.0649. The van der Waals surface area contributed by atoms with E-state index in [-0.39, 0.29) is 17.0 Å². The highest BCUT2D eigenvalue weighted by molar-refractivity contribution is 6.46. The van der Waals surface area contributed by atoms with Gasteiger partial charge >= 0.3 is 0 Å². The summed E-state index contributed by atoms with van der Waals surface area (Å²) in [5.74, 6) is -0.516. The second kappa shape index (κ2) is 8.76. The molecule has 1 N–H and O–H groups in total. The molecule has 0 radical (unpaired) electrons. The van der Waals surface area contributed by atoms with E-state index in [1.54, 1.807) is 42.5 Å². The number of non-ortho nitro benzene ring substituents is 1. The second-order valence-electron chi connectivity index (χ2n) is 7.28. The first-order valence-corrected chi connectivity index (χ1v) is 10.2. The molecule has 3 aromatic rings. The first-order chi connectivity index (χ1) is 15.8. The number of carbonyl (C=O) groups excluding carboxylic acids is 2. The average Bonchev–Trinajstić information content (AvgIpc) is 3.05. The minimum atomic E-state index is -0.548. The summed E-state index contributed by atoms with van der Waals surface area (Å²) in [7, 11) is 1.52. The number of amides is 2. The third kappa shape index (κ3) is 4.16. The molecule has 0 spiro atoms. The van der Waals surface area contributed by atoms with E-state index in [1.165, 1.54) is 31.4 Å². The predicted octanol–water partition coefficient (Wildman–Crippen LogP) is 4.96. The van der Waals surface area contributed by atoms with Gasteiger partial charge in [0.15, 0.2) is 0 Å². The lowest BCUT2D eigenvalue weighted by molar-refractivity contribution is -0.384. The number of benzene rings is 3. The number of imide groups is 1. The highest BCUT2D eigenvalue weighted by Crippen LogP contribution is 2.35. The monoisotopic (exact) mass is 463 g/mol. The van der Waals surface area contributed by atoms with Gasteiger partial charge in [-0.15, -0.1) is 0 Å². The van der Waals surface area contributed by atoms with Crippen molar-refractivity contribution in [3.05, 3.63) is 98.7 Å². The van der Waals surface area contributed by atoms with E-state index in [4.69, 9.17) is 16.3 Å². The van der Waals surface area contributed by atoms with Crippen molar-refractivity contribution in [1.29, 1.82) is 0 Å². The number of carbonyl (C=O) groups is 2. The van der Waals surface area contributed by atoms with E-state index in [1.807, 2.05) is 6.92 Å². The van der Waals surface area contributed by atoms with Crippen LogP contribution in [0.25, 0.3) is 5.57 Å². The number of nitro groups is 1. The van der Waals surface area contributed by atoms with Gasteiger partial charge in [0.2, 0.25) is 0 Å². The Bertz CT molecular complexity index is 1300. The van der Waals surface area contributed by atoms with Gasteiger partial charge in [0.1, 0.15) is 11.4 Å². The molecule has 1 aliphatic rings. The summed E-state index contributed by atoms with van der Waals surface area (Å²) in [5.41, 5.74) is 2.19. The van der Waals surface area contributed by atoms with Crippen molar-refractivity contribution in [3.63, 3.8) is 0 Å². The fourth-order valence-corrected chi connectivity index (χ4v) is 3.76. The SMILES string of the molecule is COc1ccc(N2C(=O)C(Nc3ccc(Cl)cc3C)=C(c3ccc([N+](=O)[O-])cc3)C2=O)cc1. The zero-order chi connectivity index (χ0) is 23.7. The van der Waals surface area contributed by atoms with Crippen LogP contribution in [0.4, 0.5) is 17.1 Å². The lowest BCUT2D eigenvalue weighted by Crippen LogP contribution is -2.32. The van der Waals surface area contributed by atoms with Gasteiger partial charge < -0.3 is 10.1 Å². The second-order valence-corrected chi connectivity index (χ2v) is 7.72. The lowest BCUT2D eigenvalue weighted by atomic mass is 10.0. The Labute approximate surface area is 194 Å². The fourth-order valence-electron chi connectivity index (χ4n) is 3.53. The molecule has 33 heavy (non-hydrogen) atoms. The van der Waals surface area contributed by atoms with Crippen LogP contribution in [0.15, 0.2) is 72.4 Å². The molecule has 2 amide bonds. The number of ether oxygens (including phenoxy) is 1. The number of hydrogen-bond donors (Lipinski definition) is 1. The van der Waals surface area contributed by atoms with Gasteiger partial charge in [0, 0.05) is 22.8 Å². The number of halogens is 1. The minimum Gasteiger partial charge on any atom is -0.497 e. The first kappa shape index (κ1) is 22.0. The zero-order valence-corrected chi connectivity index (χ0v) is 18.4. The molecule has 9 heteroatoms. The van der Waals surface area contributed by atoms with Gasteiger partial charge in [-0.05, 0) is 72.6 Å². The zero-order valence-electron chi connectivity index (χ0n) is 17.7. The van der Waals surface area contributed by atoms with Crippen LogP contribution in [-0.4, -0.2) is 23.8 Å². The molecule has 0 aromatic heterocycles. The number of aryl methyl sites for hydroxylation is 1. The van der Waals surface area contributed by atoms with Crippen molar-refractivity contribution in [2.24, 2.45) is 0 Å². The molecule has 1 heterocycles. The molecule has 1 aliphatic heterocycles. The summed E-state index contributed by atoms with van der Waals surface area (Å²) in [6.45, 7) is 1.82. The Hall–Kier alpha value is -4.17. The maximum absolute atomic E-state index is 13.5. The van der Waals surface area contributed by atoms with E-state index in [9.17, 15) is 19.7 Å². The molecule has 0 aliphatic carbocycles. The molecule has 0 atom stereocenters. The van der Waals surface area contributed by atoms with Crippen LogP contribution in [0.5, 0.6) is 5.75 Å². The summed E-state index contributed by atoms with van der Waals surface area (Å²) in [6, 6.07) is 17.1. The summed E-state index contributed by atoms with van der Waals surface area (Å²) in [6.07, 6.45) is 0. The maximum Gasteiger partial charge on any atom is 0.282 e. The first-order valence-electron chi connectivity index (χ1n) is 9.85. The molecule has 0 fully saturated rings. The van der Waals surface area contributed by atoms with Crippen molar-refractivity contribution < 1.29 is 19.2 Å². The molecule has 4 rings (SSSR count). The van der Waals surface area contributed by atoms with Crippen molar-refractivity contribution in [2.45, 2.75) is 6.92 Å². The molecule has 3 aromatic carbocycles. The molecular weight excluding hydrogens is 446 g/mol. The highest BCUT2D eigenvalue weighted by Gasteiger charge is 2.40. The number of nitrogens with zero attached hydrogens (tertiary/aromatic N) is 2. The van der Waals surface area contributed by atoms with Gasteiger partial charge in [0.05, 0.1) is 23.3 Å². The predicted molar refractivity (Wildman–Crippen MR) is 125 cm³/mol. The molecular formula is C24H18ClN3O5. The van der Waals surface area contributed by atoms with E-state index < -0.39 is 16.7 Å². The largest absolute Gasteiger partial charge is 0.497 e. The summed E-state index contributed by atoms with van der Waals surface area (Å²) >= 11 is 6.04. The third-order valence-electron chi connectivity index (χ3n) is 5.23. The summed E-state index contributed by atoms with van der Waals surface area (Å²) in [4.78, 5) is 38.5. The maximum atomic E-state index is 13.5. The summed E-state index contributed by atoms with van der Waals surface area (Å²) in [5, 5.41) is 14.7. The van der Waals surface area contributed by atoms with Crippen LogP contribution in [0.2, 0.25) is 5.02 Å². The van der Waals surface area contributed by atoms with Crippen molar-refractivity contribution in [2.75, 3.05) is 17.3 Å². The van der Waals surface area contributed by atoms with Gasteiger partial charge in [-0.2, -0.15) is 0 Å². The Balaban J connectivity index is 1.81. The van der Waals surface area contributed by atoms with Crippen molar-refractivity contribution in [3.8, 4) is 5.75 Å². The molecule has 0 saturated heterocycles. The number of rotatable bonds is 6. The number of methoxy groups -OCH3 is 1. The average molecular weight is 464 g/mol. The van der Waals surface area contributed by atoms with Crippen LogP contribution < -0.4 is 15.0 Å². The van der Waals surface area contributed by atoms with Crippen LogP contribution >= 0.6 is 11.6 Å². The lowest BCUT2D eigenvalue weighted by Gasteiger charge is -2.16. The summed E-state index contributed by atoms with van der Waals surface area (Å²) < 4.78 is 5.15.